The molecule has 5 heteroatoms. The maximum Gasteiger partial charge on any atom is 0.216 e. The minimum atomic E-state index is -3.25. The molecule has 0 saturated heterocycles. The number of rotatable bonds is 7. The van der Waals surface area contributed by atoms with Crippen molar-refractivity contribution >= 4 is 10.0 Å². The molecule has 4 nitrogen and oxygen atoms in total. The number of sulfonamides is 1. The zero-order chi connectivity index (χ0) is 16.9. The molecular weight excluding hydrogens is 308 g/mol. The van der Waals surface area contributed by atoms with E-state index < -0.39 is 10.0 Å². The van der Waals surface area contributed by atoms with Crippen LogP contribution in [0.1, 0.15) is 57.6 Å². The zero-order valence-corrected chi connectivity index (χ0v) is 15.3. The second kappa shape index (κ2) is 8.27. The summed E-state index contributed by atoms with van der Waals surface area (Å²) in [6.45, 7) is 6.85. The van der Waals surface area contributed by atoms with Crippen LogP contribution >= 0.6 is 0 Å². The van der Waals surface area contributed by atoms with Crippen molar-refractivity contribution in [2.24, 2.45) is 5.92 Å². The molecule has 1 aromatic rings. The molecule has 0 amide bonds. The van der Waals surface area contributed by atoms with E-state index in [1.165, 1.54) is 31.2 Å². The Morgan fingerprint density at radius 1 is 1.13 bits per heavy atom. The third-order valence-corrected chi connectivity index (χ3v) is 5.87. The molecular formula is C18H30N2O2S. The summed E-state index contributed by atoms with van der Waals surface area (Å²) in [5.41, 5.74) is 2.04. The molecule has 1 fully saturated rings. The minimum absolute atomic E-state index is 0.0407. The van der Waals surface area contributed by atoms with E-state index in [-0.39, 0.29) is 11.8 Å². The Morgan fingerprint density at radius 3 is 2.39 bits per heavy atom. The van der Waals surface area contributed by atoms with E-state index in [1.54, 1.807) is 0 Å². The molecule has 0 spiro atoms. The van der Waals surface area contributed by atoms with Crippen LogP contribution in [0.3, 0.4) is 0 Å². The van der Waals surface area contributed by atoms with Crippen LogP contribution in [0.25, 0.3) is 0 Å². The minimum Gasteiger partial charge on any atom is -0.310 e. The molecule has 1 saturated carbocycles. The Bertz CT molecular complexity index is 582. The van der Waals surface area contributed by atoms with E-state index in [4.69, 9.17) is 0 Å². The van der Waals surface area contributed by atoms with Gasteiger partial charge in [-0.25, -0.2) is 13.1 Å². The zero-order valence-electron chi connectivity index (χ0n) is 14.5. The van der Waals surface area contributed by atoms with Crippen LogP contribution < -0.4 is 10.0 Å². The lowest BCUT2D eigenvalue weighted by Gasteiger charge is -2.27. The highest BCUT2D eigenvalue weighted by molar-refractivity contribution is 7.88. The molecule has 2 unspecified atom stereocenters. The first-order valence-corrected chi connectivity index (χ1v) is 10.3. The fourth-order valence-electron chi connectivity index (χ4n) is 3.26. The summed E-state index contributed by atoms with van der Waals surface area (Å²) in [6.07, 6.45) is 5.20. The van der Waals surface area contributed by atoms with Crippen molar-refractivity contribution in [3.8, 4) is 0 Å². The molecule has 1 aromatic carbocycles. The lowest BCUT2D eigenvalue weighted by Crippen LogP contribution is -2.33. The Labute approximate surface area is 141 Å². The highest BCUT2D eigenvalue weighted by atomic mass is 32.2. The SMILES string of the molecule is CC1CCCC(NCc2ccc(CS(=O)(=O)NC(C)C)cc2)C1. The van der Waals surface area contributed by atoms with E-state index in [2.05, 4.69) is 17.0 Å². The van der Waals surface area contributed by atoms with Crippen molar-refractivity contribution in [3.05, 3.63) is 35.4 Å². The predicted octanol–water partition coefficient (Wildman–Crippen LogP) is 3.18. The van der Waals surface area contributed by atoms with Crippen LogP contribution in [0.15, 0.2) is 24.3 Å². The summed E-state index contributed by atoms with van der Waals surface area (Å²) >= 11 is 0. The number of benzene rings is 1. The quantitative estimate of drug-likeness (QED) is 0.803. The standard InChI is InChI=1S/C18H30N2O2S/c1-14(2)20-23(21,22)13-17-9-7-16(8-10-17)12-19-18-6-4-5-15(3)11-18/h7-10,14-15,18-20H,4-6,11-13H2,1-3H3. The molecule has 1 aliphatic rings. The molecule has 1 aliphatic carbocycles. The molecule has 130 valence electrons. The van der Waals surface area contributed by atoms with Gasteiger partial charge in [0.25, 0.3) is 0 Å². The maximum absolute atomic E-state index is 11.9. The van der Waals surface area contributed by atoms with Crippen LogP contribution in [-0.4, -0.2) is 20.5 Å². The molecule has 0 radical (unpaired) electrons. The van der Waals surface area contributed by atoms with E-state index in [1.807, 2.05) is 38.1 Å². The average Bonchev–Trinajstić information content (AvgIpc) is 2.45. The summed E-state index contributed by atoms with van der Waals surface area (Å²) in [5.74, 6) is 0.862. The molecule has 2 rings (SSSR count). The van der Waals surface area contributed by atoms with Crippen molar-refractivity contribution in [2.45, 2.75) is 70.8 Å². The molecule has 0 aliphatic heterocycles. The average molecular weight is 339 g/mol. The Kier molecular flexibility index (Phi) is 6.62. The summed E-state index contributed by atoms with van der Waals surface area (Å²) < 4.78 is 26.5. The van der Waals surface area contributed by atoms with Gasteiger partial charge in [-0.3, -0.25) is 0 Å². The molecule has 0 aromatic heterocycles. The monoisotopic (exact) mass is 338 g/mol. The first-order chi connectivity index (χ1) is 10.8. The van der Waals surface area contributed by atoms with Gasteiger partial charge in [-0.1, -0.05) is 44.0 Å². The van der Waals surface area contributed by atoms with E-state index >= 15 is 0 Å². The van der Waals surface area contributed by atoms with Gasteiger partial charge in [0.1, 0.15) is 0 Å². The fourth-order valence-corrected chi connectivity index (χ4v) is 4.69. The van der Waals surface area contributed by atoms with E-state index in [9.17, 15) is 8.42 Å². The van der Waals surface area contributed by atoms with Gasteiger partial charge < -0.3 is 5.32 Å². The van der Waals surface area contributed by atoms with Gasteiger partial charge in [0.15, 0.2) is 0 Å². The Hall–Kier alpha value is -0.910. The van der Waals surface area contributed by atoms with Gasteiger partial charge in [-0.2, -0.15) is 0 Å². The van der Waals surface area contributed by atoms with Crippen LogP contribution in [-0.2, 0) is 22.3 Å². The fraction of sp³-hybridized carbons (Fsp3) is 0.667. The smallest absolute Gasteiger partial charge is 0.216 e. The number of nitrogens with one attached hydrogen (secondary N) is 2. The Balaban J connectivity index is 1.84. The Morgan fingerprint density at radius 2 is 1.78 bits per heavy atom. The third-order valence-electron chi connectivity index (χ3n) is 4.33. The van der Waals surface area contributed by atoms with Crippen molar-refractivity contribution in [1.29, 1.82) is 0 Å². The first-order valence-electron chi connectivity index (χ1n) is 8.65. The molecule has 0 bridgehead atoms. The number of hydrogen-bond donors (Lipinski definition) is 2. The van der Waals surface area contributed by atoms with Crippen molar-refractivity contribution in [1.82, 2.24) is 10.0 Å². The molecule has 2 atom stereocenters. The topological polar surface area (TPSA) is 58.2 Å². The first kappa shape index (κ1) is 18.4. The predicted molar refractivity (Wildman–Crippen MR) is 95.6 cm³/mol. The summed E-state index contributed by atoms with van der Waals surface area (Å²) in [6, 6.07) is 8.44. The van der Waals surface area contributed by atoms with Crippen LogP contribution in [0.2, 0.25) is 0 Å². The van der Waals surface area contributed by atoms with Gasteiger partial charge in [-0.15, -0.1) is 0 Å². The highest BCUT2D eigenvalue weighted by Gasteiger charge is 2.18. The van der Waals surface area contributed by atoms with Crippen molar-refractivity contribution in [3.63, 3.8) is 0 Å². The summed E-state index contributed by atoms with van der Waals surface area (Å²) in [7, 11) is -3.25. The van der Waals surface area contributed by atoms with E-state index in [0.717, 1.165) is 18.0 Å². The van der Waals surface area contributed by atoms with Gasteiger partial charge >= 0.3 is 0 Å². The maximum atomic E-state index is 11.9. The normalized spacial score (nSPS) is 22.4. The highest BCUT2D eigenvalue weighted by Crippen LogP contribution is 2.23. The van der Waals surface area contributed by atoms with Gasteiger partial charge in [0.2, 0.25) is 10.0 Å². The molecule has 0 heterocycles. The second-order valence-electron chi connectivity index (χ2n) is 7.20. The van der Waals surface area contributed by atoms with E-state index in [0.29, 0.717) is 6.04 Å². The second-order valence-corrected chi connectivity index (χ2v) is 8.95. The third kappa shape index (κ3) is 6.61. The van der Waals surface area contributed by atoms with Crippen molar-refractivity contribution < 1.29 is 8.42 Å². The van der Waals surface area contributed by atoms with Crippen LogP contribution in [0.4, 0.5) is 0 Å². The van der Waals surface area contributed by atoms with Crippen LogP contribution in [0.5, 0.6) is 0 Å². The lowest BCUT2D eigenvalue weighted by atomic mass is 9.87. The molecule has 2 N–H and O–H groups in total. The number of hydrogen-bond acceptors (Lipinski definition) is 3. The van der Waals surface area contributed by atoms with Gasteiger partial charge in [0, 0.05) is 18.6 Å². The molecule has 23 heavy (non-hydrogen) atoms. The van der Waals surface area contributed by atoms with Crippen LogP contribution in [0, 0.1) is 5.92 Å². The largest absolute Gasteiger partial charge is 0.310 e. The van der Waals surface area contributed by atoms with Gasteiger partial charge in [0.05, 0.1) is 5.75 Å². The van der Waals surface area contributed by atoms with Crippen molar-refractivity contribution in [2.75, 3.05) is 0 Å². The summed E-state index contributed by atoms with van der Waals surface area (Å²) in [4.78, 5) is 0. The van der Waals surface area contributed by atoms with Gasteiger partial charge in [-0.05, 0) is 43.7 Å². The lowest BCUT2D eigenvalue weighted by molar-refractivity contribution is 0.300. The summed E-state index contributed by atoms with van der Waals surface area (Å²) in [5, 5.41) is 3.63.